The zero-order valence-corrected chi connectivity index (χ0v) is 14.7. The molecule has 1 aliphatic heterocycles. The lowest BCUT2D eigenvalue weighted by molar-refractivity contribution is 0.153. The number of para-hydroxylation sites is 1. The first kappa shape index (κ1) is 16.0. The van der Waals surface area contributed by atoms with Crippen molar-refractivity contribution in [2.24, 2.45) is 7.05 Å². The van der Waals surface area contributed by atoms with Crippen LogP contribution in [0.15, 0.2) is 42.6 Å². The molecule has 25 heavy (non-hydrogen) atoms. The summed E-state index contributed by atoms with van der Waals surface area (Å²) >= 11 is 0. The molecule has 7 nitrogen and oxygen atoms in total. The van der Waals surface area contributed by atoms with E-state index < -0.39 is 0 Å². The highest BCUT2D eigenvalue weighted by atomic mass is 15.6. The Morgan fingerprint density at radius 2 is 1.84 bits per heavy atom. The zero-order chi connectivity index (χ0) is 17.2. The van der Waals surface area contributed by atoms with Crippen molar-refractivity contribution in [3.05, 3.63) is 54.1 Å². The van der Waals surface area contributed by atoms with Gasteiger partial charge in [-0.1, -0.05) is 18.2 Å². The number of hydrogen-bond donors (Lipinski definition) is 0. The van der Waals surface area contributed by atoms with Gasteiger partial charge in [-0.3, -0.25) is 9.58 Å². The maximum absolute atomic E-state index is 4.30. The minimum Gasteiger partial charge on any atom is -0.294 e. The SMILES string of the molecule is CC(c1nnnn1-c1ccccc1)N1CCC(c2ccnn2C)CC1. The minimum absolute atomic E-state index is 0.183. The van der Waals surface area contributed by atoms with Crippen LogP contribution in [0.25, 0.3) is 5.69 Å². The first-order chi connectivity index (χ1) is 12.2. The van der Waals surface area contributed by atoms with Crippen LogP contribution in [-0.2, 0) is 7.05 Å². The van der Waals surface area contributed by atoms with E-state index in [9.17, 15) is 0 Å². The minimum atomic E-state index is 0.183. The third-order valence-corrected chi connectivity index (χ3v) is 5.22. The molecule has 1 atom stereocenters. The van der Waals surface area contributed by atoms with E-state index in [0.717, 1.165) is 37.4 Å². The molecular formula is C18H23N7. The largest absolute Gasteiger partial charge is 0.294 e. The van der Waals surface area contributed by atoms with Crippen LogP contribution < -0.4 is 0 Å². The monoisotopic (exact) mass is 337 g/mol. The van der Waals surface area contributed by atoms with E-state index in [1.807, 2.05) is 52.9 Å². The van der Waals surface area contributed by atoms with Crippen molar-refractivity contribution >= 4 is 0 Å². The van der Waals surface area contributed by atoms with Crippen LogP contribution in [0.1, 0.15) is 43.2 Å². The van der Waals surface area contributed by atoms with Gasteiger partial charge in [0.25, 0.3) is 0 Å². The van der Waals surface area contributed by atoms with Crippen LogP contribution >= 0.6 is 0 Å². The smallest absolute Gasteiger partial charge is 0.173 e. The van der Waals surface area contributed by atoms with Gasteiger partial charge in [-0.25, -0.2) is 0 Å². The highest BCUT2D eigenvalue weighted by Gasteiger charge is 2.28. The average molecular weight is 337 g/mol. The third-order valence-electron chi connectivity index (χ3n) is 5.22. The fourth-order valence-electron chi connectivity index (χ4n) is 3.74. The van der Waals surface area contributed by atoms with Crippen molar-refractivity contribution in [2.45, 2.75) is 31.7 Å². The van der Waals surface area contributed by atoms with E-state index in [1.54, 1.807) is 0 Å². The quantitative estimate of drug-likeness (QED) is 0.731. The number of rotatable bonds is 4. The summed E-state index contributed by atoms with van der Waals surface area (Å²) < 4.78 is 3.84. The molecule has 1 saturated heterocycles. The number of piperidine rings is 1. The molecule has 0 spiro atoms. The van der Waals surface area contributed by atoms with Gasteiger partial charge in [0.2, 0.25) is 0 Å². The van der Waals surface area contributed by atoms with E-state index in [1.165, 1.54) is 5.69 Å². The Bertz CT molecular complexity index is 815. The summed E-state index contributed by atoms with van der Waals surface area (Å²) in [6, 6.07) is 12.4. The van der Waals surface area contributed by atoms with E-state index in [-0.39, 0.29) is 6.04 Å². The first-order valence-corrected chi connectivity index (χ1v) is 8.79. The summed E-state index contributed by atoms with van der Waals surface area (Å²) in [4.78, 5) is 2.47. The molecule has 0 aliphatic carbocycles. The first-order valence-electron chi connectivity index (χ1n) is 8.79. The number of benzene rings is 1. The number of nitrogens with zero attached hydrogens (tertiary/aromatic N) is 7. The third kappa shape index (κ3) is 3.07. The van der Waals surface area contributed by atoms with Gasteiger partial charge in [0.05, 0.1) is 11.7 Å². The molecule has 0 saturated carbocycles. The number of aryl methyl sites for hydroxylation is 1. The average Bonchev–Trinajstić information content (AvgIpc) is 3.31. The van der Waals surface area contributed by atoms with E-state index in [0.29, 0.717) is 5.92 Å². The molecule has 4 rings (SSSR count). The van der Waals surface area contributed by atoms with Crippen molar-refractivity contribution in [2.75, 3.05) is 13.1 Å². The Hall–Kier alpha value is -2.54. The van der Waals surface area contributed by atoms with E-state index >= 15 is 0 Å². The van der Waals surface area contributed by atoms with Crippen LogP contribution in [0.5, 0.6) is 0 Å². The van der Waals surface area contributed by atoms with E-state index in [2.05, 4.69) is 38.5 Å². The van der Waals surface area contributed by atoms with Gasteiger partial charge in [-0.15, -0.1) is 5.10 Å². The number of likely N-dealkylation sites (tertiary alicyclic amines) is 1. The Kier molecular flexibility index (Phi) is 4.31. The highest BCUT2D eigenvalue weighted by Crippen LogP contribution is 2.31. The van der Waals surface area contributed by atoms with Gasteiger partial charge in [0, 0.05) is 24.9 Å². The van der Waals surface area contributed by atoms with Crippen molar-refractivity contribution < 1.29 is 0 Å². The highest BCUT2D eigenvalue weighted by molar-refractivity contribution is 5.30. The van der Waals surface area contributed by atoms with Gasteiger partial charge in [-0.2, -0.15) is 9.78 Å². The van der Waals surface area contributed by atoms with Gasteiger partial charge in [0.15, 0.2) is 5.82 Å². The topological polar surface area (TPSA) is 64.7 Å². The van der Waals surface area contributed by atoms with Crippen molar-refractivity contribution in [1.29, 1.82) is 0 Å². The molecular weight excluding hydrogens is 314 g/mol. The number of hydrogen-bond acceptors (Lipinski definition) is 5. The molecule has 3 aromatic rings. The van der Waals surface area contributed by atoms with Crippen molar-refractivity contribution in [3.8, 4) is 5.69 Å². The van der Waals surface area contributed by atoms with Gasteiger partial charge >= 0.3 is 0 Å². The van der Waals surface area contributed by atoms with E-state index in [4.69, 9.17) is 0 Å². The van der Waals surface area contributed by atoms with Crippen LogP contribution in [0.4, 0.5) is 0 Å². The Morgan fingerprint density at radius 3 is 2.52 bits per heavy atom. The van der Waals surface area contributed by atoms with Crippen LogP contribution in [0.3, 0.4) is 0 Å². The summed E-state index contributed by atoms with van der Waals surface area (Å²) in [6.45, 7) is 4.27. The number of aromatic nitrogens is 6. The predicted molar refractivity (Wildman–Crippen MR) is 94.3 cm³/mol. The second-order valence-corrected chi connectivity index (χ2v) is 6.65. The standard InChI is InChI=1S/C18H23N7/c1-14(18-20-21-22-25(18)16-6-4-3-5-7-16)24-12-9-15(10-13-24)17-8-11-19-23(17)2/h3-8,11,14-15H,9-10,12-13H2,1-2H3. The molecule has 0 bridgehead atoms. The Morgan fingerprint density at radius 1 is 1.08 bits per heavy atom. The maximum Gasteiger partial charge on any atom is 0.173 e. The Labute approximate surface area is 147 Å². The second-order valence-electron chi connectivity index (χ2n) is 6.65. The summed E-state index contributed by atoms with van der Waals surface area (Å²) in [5, 5.41) is 16.7. The maximum atomic E-state index is 4.30. The molecule has 1 fully saturated rings. The van der Waals surface area contributed by atoms with Gasteiger partial charge < -0.3 is 0 Å². The molecule has 1 aromatic carbocycles. The van der Waals surface area contributed by atoms with Crippen molar-refractivity contribution in [3.63, 3.8) is 0 Å². The normalized spacial score (nSPS) is 17.7. The number of tetrazole rings is 1. The van der Waals surface area contributed by atoms with Gasteiger partial charge in [-0.05, 0) is 61.5 Å². The summed E-state index contributed by atoms with van der Waals surface area (Å²) in [7, 11) is 2.03. The lowest BCUT2D eigenvalue weighted by Gasteiger charge is -2.35. The molecule has 0 radical (unpaired) electrons. The fourth-order valence-corrected chi connectivity index (χ4v) is 3.74. The lowest BCUT2D eigenvalue weighted by Crippen LogP contribution is -2.36. The zero-order valence-electron chi connectivity index (χ0n) is 14.7. The van der Waals surface area contributed by atoms with Crippen LogP contribution in [0.2, 0.25) is 0 Å². The molecule has 0 N–H and O–H groups in total. The van der Waals surface area contributed by atoms with Crippen LogP contribution in [0, 0.1) is 0 Å². The molecule has 3 heterocycles. The predicted octanol–water partition coefficient (Wildman–Crippen LogP) is 2.34. The van der Waals surface area contributed by atoms with Crippen molar-refractivity contribution in [1.82, 2.24) is 34.9 Å². The summed E-state index contributed by atoms with van der Waals surface area (Å²) in [6.07, 6.45) is 4.16. The molecule has 7 heteroatoms. The Balaban J connectivity index is 1.48. The molecule has 130 valence electrons. The molecule has 0 amide bonds. The lowest BCUT2D eigenvalue weighted by atomic mass is 9.92. The molecule has 1 aliphatic rings. The summed E-state index contributed by atoms with van der Waals surface area (Å²) in [5.41, 5.74) is 2.33. The fraction of sp³-hybridized carbons (Fsp3) is 0.444. The molecule has 1 unspecified atom stereocenters. The summed E-state index contributed by atoms with van der Waals surface area (Å²) in [5.74, 6) is 1.48. The van der Waals surface area contributed by atoms with Gasteiger partial charge in [0.1, 0.15) is 0 Å². The second kappa shape index (κ2) is 6.76. The van der Waals surface area contributed by atoms with Crippen LogP contribution in [-0.4, -0.2) is 48.0 Å². The molecule has 2 aromatic heterocycles.